The van der Waals surface area contributed by atoms with Crippen LogP contribution in [0.25, 0.3) is 17.0 Å². The lowest BCUT2D eigenvalue weighted by atomic mass is 10.1. The fraction of sp³-hybridized carbons (Fsp3) is 0.0769. The summed E-state index contributed by atoms with van der Waals surface area (Å²) in [6.07, 6.45) is 3.15. The van der Waals surface area contributed by atoms with Crippen LogP contribution in [0.1, 0.15) is 21.9 Å². The number of barbiturate groups is 1. The summed E-state index contributed by atoms with van der Waals surface area (Å²) in [6.45, 7) is 0.251. The van der Waals surface area contributed by atoms with Gasteiger partial charge in [0.1, 0.15) is 11.3 Å². The molecule has 4 aromatic rings. The van der Waals surface area contributed by atoms with E-state index in [0.29, 0.717) is 22.8 Å². The van der Waals surface area contributed by atoms with E-state index in [4.69, 9.17) is 19.0 Å². The van der Waals surface area contributed by atoms with Crippen molar-refractivity contribution in [2.75, 3.05) is 11.7 Å². The quantitative estimate of drug-likeness (QED) is 0.315. The Bertz CT molecular complexity index is 1660. The summed E-state index contributed by atoms with van der Waals surface area (Å²) in [5.41, 5.74) is 1.32. The first-order valence-electron chi connectivity index (χ1n) is 11.1. The van der Waals surface area contributed by atoms with E-state index in [0.717, 1.165) is 15.8 Å². The number of carboxylic acids is 1. The molecule has 2 aliphatic rings. The molecule has 4 heterocycles. The Hall–Kier alpha value is -5.32. The summed E-state index contributed by atoms with van der Waals surface area (Å²) >= 11 is 0. The molecule has 0 spiro atoms. The summed E-state index contributed by atoms with van der Waals surface area (Å²) in [5.74, 6) is -1.66. The van der Waals surface area contributed by atoms with E-state index < -0.39 is 23.8 Å². The van der Waals surface area contributed by atoms with Crippen molar-refractivity contribution < 1.29 is 38.2 Å². The van der Waals surface area contributed by atoms with Crippen LogP contribution in [0.4, 0.5) is 10.5 Å². The minimum absolute atomic E-state index is 0.0300. The summed E-state index contributed by atoms with van der Waals surface area (Å²) in [4.78, 5) is 50.7. The minimum Gasteiger partial charge on any atom is -0.475 e. The smallest absolute Gasteiger partial charge is 0.371 e. The molecule has 0 radical (unpaired) electrons. The van der Waals surface area contributed by atoms with Crippen molar-refractivity contribution in [1.29, 1.82) is 0 Å². The Kier molecular flexibility index (Phi) is 5.04. The number of anilines is 1. The average Bonchev–Trinajstić information content (AvgIpc) is 3.61. The third-order valence-corrected chi connectivity index (χ3v) is 6.03. The number of rotatable bonds is 5. The summed E-state index contributed by atoms with van der Waals surface area (Å²) in [5, 5.41) is 12.1. The zero-order valence-electron chi connectivity index (χ0n) is 19.0. The number of nitrogens with zero attached hydrogens (tertiary/aromatic N) is 2. The van der Waals surface area contributed by atoms with Gasteiger partial charge in [-0.25, -0.2) is 14.5 Å². The van der Waals surface area contributed by atoms with Gasteiger partial charge >= 0.3 is 12.0 Å². The van der Waals surface area contributed by atoms with Gasteiger partial charge in [-0.2, -0.15) is 0 Å². The monoisotopic (exact) mass is 499 g/mol. The average molecular weight is 499 g/mol. The van der Waals surface area contributed by atoms with Gasteiger partial charge in [0.2, 0.25) is 12.6 Å². The van der Waals surface area contributed by atoms with Gasteiger partial charge in [-0.05, 0) is 36.4 Å². The second kappa shape index (κ2) is 8.41. The molecule has 37 heavy (non-hydrogen) atoms. The van der Waals surface area contributed by atoms with Gasteiger partial charge in [-0.15, -0.1) is 0 Å². The summed E-state index contributed by atoms with van der Waals surface area (Å²) in [7, 11) is 0. The number of carboxylic acid groups (broad SMARTS) is 1. The highest BCUT2D eigenvalue weighted by molar-refractivity contribution is 6.39. The molecule has 2 N–H and O–H groups in total. The first-order valence-corrected chi connectivity index (χ1v) is 11.1. The van der Waals surface area contributed by atoms with Crippen molar-refractivity contribution in [3.63, 3.8) is 0 Å². The van der Waals surface area contributed by atoms with E-state index in [1.165, 1.54) is 24.3 Å². The standard InChI is InChI=1S/C26H17N3O8/c30-23-18(24(31)29(26(34)27-23)15-5-7-20-22(10-15)36-13-35-20)9-14-11-28(19-4-2-1-3-17(14)19)12-16-6-8-21(37-16)25(32)33/h1-11H,12-13H2,(H,32,33)(H,27,30,34)/b18-9-. The predicted molar refractivity (Wildman–Crippen MR) is 128 cm³/mol. The van der Waals surface area contributed by atoms with Crippen molar-refractivity contribution in [3.05, 3.63) is 83.5 Å². The van der Waals surface area contributed by atoms with Crippen LogP contribution in [0.2, 0.25) is 0 Å². The highest BCUT2D eigenvalue weighted by Crippen LogP contribution is 2.36. The molecule has 0 unspecified atom stereocenters. The number of amides is 4. The van der Waals surface area contributed by atoms with Crippen LogP contribution in [0.3, 0.4) is 0 Å². The number of imide groups is 2. The topological polar surface area (TPSA) is 140 Å². The molecule has 11 heteroatoms. The van der Waals surface area contributed by atoms with Gasteiger partial charge in [0.05, 0.1) is 12.2 Å². The Labute approximate surface area is 208 Å². The molecule has 0 atom stereocenters. The number of furan rings is 1. The van der Waals surface area contributed by atoms with E-state index >= 15 is 0 Å². The molecule has 184 valence electrons. The van der Waals surface area contributed by atoms with Crippen LogP contribution in [0.5, 0.6) is 11.5 Å². The van der Waals surface area contributed by atoms with Crippen LogP contribution in [-0.4, -0.2) is 40.3 Å². The van der Waals surface area contributed by atoms with Crippen LogP contribution >= 0.6 is 0 Å². The van der Waals surface area contributed by atoms with Crippen molar-refractivity contribution in [2.24, 2.45) is 0 Å². The molecule has 0 bridgehead atoms. The Balaban J connectivity index is 1.38. The zero-order chi connectivity index (χ0) is 25.7. The van der Waals surface area contributed by atoms with Gasteiger partial charge in [0, 0.05) is 28.7 Å². The number of hydrogen-bond acceptors (Lipinski definition) is 7. The second-order valence-corrected chi connectivity index (χ2v) is 8.30. The zero-order valence-corrected chi connectivity index (χ0v) is 19.0. The maximum Gasteiger partial charge on any atom is 0.371 e. The lowest BCUT2D eigenvalue weighted by molar-refractivity contribution is -0.122. The van der Waals surface area contributed by atoms with Crippen molar-refractivity contribution >= 4 is 46.5 Å². The van der Waals surface area contributed by atoms with Crippen molar-refractivity contribution in [3.8, 4) is 11.5 Å². The van der Waals surface area contributed by atoms with Crippen LogP contribution < -0.4 is 19.7 Å². The highest BCUT2D eigenvalue weighted by atomic mass is 16.7. The van der Waals surface area contributed by atoms with Gasteiger partial charge in [0.25, 0.3) is 11.8 Å². The van der Waals surface area contributed by atoms with Crippen LogP contribution in [0.15, 0.2) is 70.8 Å². The molecule has 2 aromatic heterocycles. The number of carbonyl (C=O) groups excluding carboxylic acids is 3. The minimum atomic E-state index is -1.17. The first-order chi connectivity index (χ1) is 17.9. The Morgan fingerprint density at radius 2 is 1.84 bits per heavy atom. The number of carbonyl (C=O) groups is 4. The molecule has 4 amide bonds. The number of fused-ring (bicyclic) bond motifs is 2. The van der Waals surface area contributed by atoms with Crippen molar-refractivity contribution in [1.82, 2.24) is 9.88 Å². The second-order valence-electron chi connectivity index (χ2n) is 8.30. The number of urea groups is 1. The van der Waals surface area contributed by atoms with E-state index in [1.54, 1.807) is 18.3 Å². The number of benzene rings is 2. The summed E-state index contributed by atoms with van der Waals surface area (Å²) in [6, 6.07) is 14.0. The van der Waals surface area contributed by atoms with E-state index in [-0.39, 0.29) is 30.4 Å². The number of aromatic nitrogens is 1. The molecule has 2 aliphatic heterocycles. The third kappa shape index (κ3) is 3.78. The van der Waals surface area contributed by atoms with Gasteiger partial charge in [0.15, 0.2) is 11.5 Å². The molecule has 6 rings (SSSR count). The van der Waals surface area contributed by atoms with Crippen molar-refractivity contribution in [2.45, 2.75) is 6.54 Å². The third-order valence-electron chi connectivity index (χ3n) is 6.03. The molecule has 0 aliphatic carbocycles. The SMILES string of the molecule is O=C1NC(=O)N(c2ccc3c(c2)OCO3)C(=O)/C1=C\c1cn(Cc2ccc(C(=O)O)o2)c2ccccc12. The van der Waals surface area contributed by atoms with Gasteiger partial charge in [-0.1, -0.05) is 18.2 Å². The largest absolute Gasteiger partial charge is 0.475 e. The normalized spacial score (nSPS) is 16.1. The number of para-hydroxylation sites is 1. The fourth-order valence-electron chi connectivity index (χ4n) is 4.34. The molecular formula is C26H17N3O8. The predicted octanol–water partition coefficient (Wildman–Crippen LogP) is 3.38. The molecule has 1 fully saturated rings. The molecule has 1 saturated heterocycles. The fourth-order valence-corrected chi connectivity index (χ4v) is 4.34. The molecule has 2 aromatic carbocycles. The van der Waals surface area contributed by atoms with E-state index in [1.807, 2.05) is 28.8 Å². The molecular weight excluding hydrogens is 482 g/mol. The number of aromatic carboxylic acids is 1. The maximum atomic E-state index is 13.4. The Morgan fingerprint density at radius 3 is 2.65 bits per heavy atom. The lowest BCUT2D eigenvalue weighted by Gasteiger charge is -2.26. The van der Waals surface area contributed by atoms with Gasteiger partial charge in [-0.3, -0.25) is 14.9 Å². The lowest BCUT2D eigenvalue weighted by Crippen LogP contribution is -2.54. The summed E-state index contributed by atoms with van der Waals surface area (Å²) < 4.78 is 17.8. The van der Waals surface area contributed by atoms with E-state index in [9.17, 15) is 19.2 Å². The maximum absolute atomic E-state index is 13.4. The molecule has 11 nitrogen and oxygen atoms in total. The number of hydrogen-bond donors (Lipinski definition) is 2. The van der Waals surface area contributed by atoms with Crippen LogP contribution in [0, 0.1) is 0 Å². The van der Waals surface area contributed by atoms with Crippen LogP contribution in [-0.2, 0) is 16.1 Å². The Morgan fingerprint density at radius 1 is 1.03 bits per heavy atom. The van der Waals surface area contributed by atoms with Gasteiger partial charge < -0.3 is 23.6 Å². The number of ether oxygens (including phenoxy) is 2. The highest BCUT2D eigenvalue weighted by Gasteiger charge is 2.37. The number of nitrogens with one attached hydrogen (secondary N) is 1. The first kappa shape index (κ1) is 22.2. The van der Waals surface area contributed by atoms with E-state index in [2.05, 4.69) is 5.32 Å². The molecule has 0 saturated carbocycles.